The first-order valence-electron chi connectivity index (χ1n) is 21.5. The third-order valence-electron chi connectivity index (χ3n) is 13.6. The molecule has 0 saturated heterocycles. The van der Waals surface area contributed by atoms with Crippen molar-refractivity contribution in [3.8, 4) is 22.6 Å². The quantitative estimate of drug-likeness (QED) is 0.173. The van der Waals surface area contributed by atoms with Crippen LogP contribution >= 0.6 is 0 Å². The molecule has 61 heavy (non-hydrogen) atoms. The Morgan fingerprint density at radius 1 is 0.459 bits per heavy atom. The van der Waals surface area contributed by atoms with Crippen molar-refractivity contribution >= 4 is 34.0 Å². The Morgan fingerprint density at radius 3 is 1.72 bits per heavy atom. The molecule has 2 aliphatic carbocycles. The molecule has 0 radical (unpaired) electrons. The smallest absolute Gasteiger partial charge is 0.132 e. The molecule has 0 bridgehead atoms. The zero-order valence-corrected chi connectivity index (χ0v) is 34.3. The molecular weight excluding hydrogens is 741 g/mol. The lowest BCUT2D eigenvalue weighted by molar-refractivity contribution is 0.434. The average Bonchev–Trinajstić information content (AvgIpc) is 3.55. The molecule has 0 unspecified atom stereocenters. The van der Waals surface area contributed by atoms with Gasteiger partial charge < -0.3 is 14.5 Å². The fourth-order valence-corrected chi connectivity index (χ4v) is 10.9. The number of allylic oxidation sites excluding steroid dienone is 4. The van der Waals surface area contributed by atoms with Gasteiger partial charge in [-0.25, -0.2) is 0 Å². The molecule has 292 valence electrons. The maximum Gasteiger partial charge on any atom is 0.132 e. The van der Waals surface area contributed by atoms with Crippen molar-refractivity contribution in [3.05, 3.63) is 251 Å². The van der Waals surface area contributed by atoms with Gasteiger partial charge in [0.25, 0.3) is 0 Å². The minimum atomic E-state index is -0.673. The summed E-state index contributed by atoms with van der Waals surface area (Å²) in [6.45, 7) is 4.75. The van der Waals surface area contributed by atoms with Crippen molar-refractivity contribution in [2.24, 2.45) is 0 Å². The second-order valence-corrected chi connectivity index (χ2v) is 17.2. The largest absolute Gasteiger partial charge is 0.457 e. The maximum absolute atomic E-state index is 6.78. The summed E-state index contributed by atoms with van der Waals surface area (Å²) >= 11 is 0. The molecule has 12 rings (SSSR count). The minimum Gasteiger partial charge on any atom is -0.457 e. The van der Waals surface area contributed by atoms with Crippen molar-refractivity contribution in [3.63, 3.8) is 0 Å². The zero-order chi connectivity index (χ0) is 40.7. The predicted octanol–water partition coefficient (Wildman–Crippen LogP) is 15.2. The second kappa shape index (κ2) is 13.6. The number of fused-ring (bicyclic) bond motifs is 11. The van der Waals surface area contributed by atoms with Gasteiger partial charge in [0.1, 0.15) is 11.5 Å². The molecule has 0 aromatic heterocycles. The van der Waals surface area contributed by atoms with Gasteiger partial charge in [-0.15, -0.1) is 0 Å². The summed E-state index contributed by atoms with van der Waals surface area (Å²) in [5.74, 6) is 1.76. The van der Waals surface area contributed by atoms with Gasteiger partial charge in [-0.1, -0.05) is 153 Å². The number of para-hydroxylation sites is 4. The van der Waals surface area contributed by atoms with Crippen LogP contribution in [0.4, 0.5) is 28.4 Å². The fourth-order valence-electron chi connectivity index (χ4n) is 10.9. The molecule has 1 spiro atoms. The summed E-state index contributed by atoms with van der Waals surface area (Å²) < 4.78 is 6.78. The van der Waals surface area contributed by atoms with E-state index in [2.05, 4.69) is 230 Å². The lowest BCUT2D eigenvalue weighted by atomic mass is 9.61. The van der Waals surface area contributed by atoms with Gasteiger partial charge >= 0.3 is 0 Å². The topological polar surface area (TPSA) is 15.7 Å². The summed E-state index contributed by atoms with van der Waals surface area (Å²) in [7, 11) is 0. The first-order chi connectivity index (χ1) is 30.0. The minimum absolute atomic E-state index is 0.135. The van der Waals surface area contributed by atoms with E-state index >= 15 is 0 Å². The van der Waals surface area contributed by atoms with Crippen molar-refractivity contribution in [1.82, 2.24) is 0 Å². The number of anilines is 5. The molecular formula is C58H44N2O. The van der Waals surface area contributed by atoms with E-state index in [0.29, 0.717) is 0 Å². The summed E-state index contributed by atoms with van der Waals surface area (Å²) in [5, 5.41) is 0. The van der Waals surface area contributed by atoms with Gasteiger partial charge in [0.05, 0.1) is 16.8 Å². The van der Waals surface area contributed by atoms with Crippen LogP contribution in [0, 0.1) is 0 Å². The summed E-state index contributed by atoms with van der Waals surface area (Å²) in [4.78, 5) is 4.99. The van der Waals surface area contributed by atoms with E-state index in [4.69, 9.17) is 4.74 Å². The van der Waals surface area contributed by atoms with E-state index in [1.807, 2.05) is 0 Å². The van der Waals surface area contributed by atoms with Gasteiger partial charge in [0, 0.05) is 39.3 Å². The molecule has 3 nitrogen and oxygen atoms in total. The van der Waals surface area contributed by atoms with Crippen LogP contribution < -0.4 is 14.5 Å². The maximum atomic E-state index is 6.78. The van der Waals surface area contributed by atoms with E-state index in [0.717, 1.165) is 58.2 Å². The standard InChI is InChI=1S/C58H44N2O/c1-57(2)47-22-10-9-21-45(47)46-35-33-43(37-51(46)57)59(42-31-29-40(30-32-42)39-17-5-3-6-18-39)44-34-36-54-52(38-44)58(48-23-11-14-26-53(48)60(54)41-19-7-4-8-20-41)49-24-12-15-27-55(49)61-56-28-16-13-25-50(56)58/h3-29,31,33-38H,30,32H2,1-2H3. The number of rotatable bonds is 5. The number of hydrogen-bond acceptors (Lipinski definition) is 3. The van der Waals surface area contributed by atoms with Crippen LogP contribution in [0.3, 0.4) is 0 Å². The van der Waals surface area contributed by atoms with Crippen molar-refractivity contribution < 1.29 is 4.74 Å². The molecule has 8 aromatic carbocycles. The van der Waals surface area contributed by atoms with Crippen LogP contribution in [0.1, 0.15) is 65.6 Å². The third kappa shape index (κ3) is 5.23. The molecule has 3 heteroatoms. The normalized spacial score (nSPS) is 15.8. The Morgan fingerprint density at radius 2 is 1.02 bits per heavy atom. The Bertz CT molecular complexity index is 3060. The summed E-state index contributed by atoms with van der Waals surface area (Å²) in [6.07, 6.45) is 6.56. The third-order valence-corrected chi connectivity index (χ3v) is 13.6. The van der Waals surface area contributed by atoms with E-state index in [-0.39, 0.29) is 5.41 Å². The molecule has 2 aliphatic heterocycles. The SMILES string of the molecule is CC1(C)c2ccccc2-c2ccc(N(C3=CC=C(c4ccccc4)CC3)c3ccc4c(c3)C3(c5ccccc5Oc5ccccc53)c3ccccc3N4c3ccccc3)cc21. The monoisotopic (exact) mass is 784 g/mol. The van der Waals surface area contributed by atoms with Gasteiger partial charge in [-0.3, -0.25) is 0 Å². The van der Waals surface area contributed by atoms with Crippen molar-refractivity contribution in [2.75, 3.05) is 9.80 Å². The van der Waals surface area contributed by atoms with E-state index < -0.39 is 5.41 Å². The first-order valence-corrected chi connectivity index (χ1v) is 21.5. The van der Waals surface area contributed by atoms with Crippen LogP contribution in [-0.2, 0) is 10.8 Å². The van der Waals surface area contributed by atoms with Gasteiger partial charge in [-0.2, -0.15) is 0 Å². The van der Waals surface area contributed by atoms with Crippen LogP contribution in [0.5, 0.6) is 11.5 Å². The summed E-state index contributed by atoms with van der Waals surface area (Å²) in [5.41, 5.74) is 19.0. The Labute approximate surface area is 358 Å². The molecule has 8 aromatic rings. The van der Waals surface area contributed by atoms with Gasteiger partial charge in [0.15, 0.2) is 0 Å². The molecule has 0 fully saturated rings. The Balaban J connectivity index is 1.14. The van der Waals surface area contributed by atoms with Crippen LogP contribution in [0.15, 0.2) is 212 Å². The number of benzene rings is 8. The van der Waals surface area contributed by atoms with Gasteiger partial charge in [0.2, 0.25) is 0 Å². The molecule has 0 atom stereocenters. The van der Waals surface area contributed by atoms with Crippen molar-refractivity contribution in [1.29, 1.82) is 0 Å². The second-order valence-electron chi connectivity index (χ2n) is 17.2. The molecule has 4 aliphatic rings. The molecule has 0 amide bonds. The Kier molecular flexibility index (Phi) is 7.92. The number of nitrogens with zero attached hydrogens (tertiary/aromatic N) is 2. The Hall–Kier alpha value is -7.36. The highest BCUT2D eigenvalue weighted by molar-refractivity contribution is 5.93. The van der Waals surface area contributed by atoms with Crippen LogP contribution in [0.2, 0.25) is 0 Å². The summed E-state index contributed by atoms with van der Waals surface area (Å²) in [6, 6.07) is 71.2. The lowest BCUT2D eigenvalue weighted by Crippen LogP contribution is -2.40. The highest BCUT2D eigenvalue weighted by Crippen LogP contribution is 2.63. The van der Waals surface area contributed by atoms with E-state index in [9.17, 15) is 0 Å². The molecule has 0 saturated carbocycles. The molecule has 0 N–H and O–H groups in total. The van der Waals surface area contributed by atoms with E-state index in [1.165, 1.54) is 55.9 Å². The zero-order valence-electron chi connectivity index (χ0n) is 34.3. The predicted molar refractivity (Wildman–Crippen MR) is 251 cm³/mol. The number of ether oxygens (including phenoxy) is 1. The number of hydrogen-bond donors (Lipinski definition) is 0. The van der Waals surface area contributed by atoms with Crippen LogP contribution in [0.25, 0.3) is 16.7 Å². The highest BCUT2D eigenvalue weighted by atomic mass is 16.5. The first kappa shape index (κ1) is 35.6. The fraction of sp³-hybridized carbons (Fsp3) is 0.103. The molecule has 2 heterocycles. The van der Waals surface area contributed by atoms with Gasteiger partial charge in [-0.05, 0) is 124 Å². The highest BCUT2D eigenvalue weighted by Gasteiger charge is 2.51. The van der Waals surface area contributed by atoms with E-state index in [1.54, 1.807) is 0 Å². The van der Waals surface area contributed by atoms with Crippen molar-refractivity contribution in [2.45, 2.75) is 37.5 Å². The van der Waals surface area contributed by atoms with Crippen LogP contribution in [-0.4, -0.2) is 0 Å². The average molecular weight is 785 g/mol. The lowest BCUT2D eigenvalue weighted by Gasteiger charge is -2.49.